The Hall–Kier alpha value is -3.23. The minimum atomic E-state index is -0.229. The van der Waals surface area contributed by atoms with E-state index in [1.54, 1.807) is 13.0 Å². The van der Waals surface area contributed by atoms with E-state index in [1.807, 2.05) is 37.2 Å². The summed E-state index contributed by atoms with van der Waals surface area (Å²) in [6, 6.07) is 17.2. The van der Waals surface area contributed by atoms with Crippen molar-refractivity contribution < 1.29 is 4.39 Å². The number of halogens is 1. The smallest absolute Gasteiger partial charge is 0.148 e. The highest BCUT2D eigenvalue weighted by Crippen LogP contribution is 2.12. The summed E-state index contributed by atoms with van der Waals surface area (Å²) in [6.07, 6.45) is 0. The summed E-state index contributed by atoms with van der Waals surface area (Å²) < 4.78 is 13.6. The van der Waals surface area contributed by atoms with Gasteiger partial charge in [0.1, 0.15) is 13.1 Å². The Morgan fingerprint density at radius 2 is 1.14 bits per heavy atom. The molecular weight excluding hydrogens is 342 g/mol. The summed E-state index contributed by atoms with van der Waals surface area (Å²) in [6.45, 7) is 7.97. The molecule has 1 radical (unpaired) electrons. The molecule has 0 nitrogen and oxygen atoms in total. The van der Waals surface area contributed by atoms with Crippen molar-refractivity contribution in [1.29, 1.82) is 0 Å². The SMILES string of the molecule is C[B]c1cc(C)c(C#Cc2ccc(C#Cc3ccc(C)c(F)c3)cc2)c(C)c1. The van der Waals surface area contributed by atoms with Gasteiger partial charge in [0.2, 0.25) is 0 Å². The van der Waals surface area contributed by atoms with Gasteiger partial charge in [-0.2, -0.15) is 0 Å². The van der Waals surface area contributed by atoms with E-state index in [2.05, 4.69) is 56.9 Å². The molecule has 0 N–H and O–H groups in total. The predicted molar refractivity (Wildman–Crippen MR) is 117 cm³/mol. The number of benzene rings is 3. The molecule has 3 rings (SSSR count). The first-order chi connectivity index (χ1) is 13.5. The molecule has 28 heavy (non-hydrogen) atoms. The highest BCUT2D eigenvalue weighted by Gasteiger charge is 2.02. The molecule has 3 aromatic rings. The molecule has 0 spiro atoms. The Bertz CT molecular complexity index is 1110. The van der Waals surface area contributed by atoms with Crippen LogP contribution in [-0.2, 0) is 0 Å². The predicted octanol–water partition coefficient (Wildman–Crippen LogP) is 4.93. The third-order valence-corrected chi connectivity index (χ3v) is 4.63. The third-order valence-electron chi connectivity index (χ3n) is 4.63. The van der Waals surface area contributed by atoms with Crippen LogP contribution >= 0.6 is 0 Å². The van der Waals surface area contributed by atoms with Crippen molar-refractivity contribution >= 4 is 12.7 Å². The van der Waals surface area contributed by atoms with E-state index in [4.69, 9.17) is 0 Å². The second kappa shape index (κ2) is 8.64. The molecule has 135 valence electrons. The second-order valence-corrected chi connectivity index (χ2v) is 6.86. The maximum atomic E-state index is 13.6. The normalized spacial score (nSPS) is 9.75. The molecule has 0 atom stereocenters. The summed E-state index contributed by atoms with van der Waals surface area (Å²) in [4.78, 5) is 0. The van der Waals surface area contributed by atoms with Crippen LogP contribution in [0.5, 0.6) is 0 Å². The van der Waals surface area contributed by atoms with Crippen LogP contribution in [0.1, 0.15) is 38.9 Å². The monoisotopic (exact) mass is 363 g/mol. The third kappa shape index (κ3) is 4.73. The van der Waals surface area contributed by atoms with Crippen molar-refractivity contribution in [3.63, 3.8) is 0 Å². The molecule has 0 bridgehead atoms. The zero-order valence-electron chi connectivity index (χ0n) is 16.7. The van der Waals surface area contributed by atoms with E-state index in [9.17, 15) is 4.39 Å². The second-order valence-electron chi connectivity index (χ2n) is 6.86. The van der Waals surface area contributed by atoms with E-state index >= 15 is 0 Å². The molecule has 0 fully saturated rings. The number of hydrogen-bond donors (Lipinski definition) is 0. The fourth-order valence-electron chi connectivity index (χ4n) is 2.95. The molecule has 0 unspecified atom stereocenters. The molecule has 0 amide bonds. The average Bonchev–Trinajstić information content (AvgIpc) is 2.69. The molecule has 3 aromatic carbocycles. The van der Waals surface area contributed by atoms with E-state index in [0.717, 1.165) is 16.7 Å². The first-order valence-electron chi connectivity index (χ1n) is 9.27. The van der Waals surface area contributed by atoms with Crippen LogP contribution in [0.3, 0.4) is 0 Å². The lowest BCUT2D eigenvalue weighted by Crippen LogP contribution is -2.12. The quantitative estimate of drug-likeness (QED) is 0.425. The van der Waals surface area contributed by atoms with Gasteiger partial charge in [0.15, 0.2) is 0 Å². The van der Waals surface area contributed by atoms with E-state index < -0.39 is 0 Å². The lowest BCUT2D eigenvalue weighted by Gasteiger charge is -2.06. The highest BCUT2D eigenvalue weighted by molar-refractivity contribution is 6.52. The number of rotatable bonds is 1. The van der Waals surface area contributed by atoms with Gasteiger partial charge < -0.3 is 0 Å². The summed E-state index contributed by atoms with van der Waals surface area (Å²) in [5.74, 6) is 12.4. The lowest BCUT2D eigenvalue weighted by molar-refractivity contribution is 0.618. The maximum Gasteiger partial charge on any atom is 0.148 e. The molecule has 0 saturated heterocycles. The first kappa shape index (κ1) is 19.5. The van der Waals surface area contributed by atoms with Crippen molar-refractivity contribution in [2.24, 2.45) is 0 Å². The van der Waals surface area contributed by atoms with Gasteiger partial charge in [-0.3, -0.25) is 0 Å². The topological polar surface area (TPSA) is 0 Å². The molecule has 0 aliphatic carbocycles. The van der Waals surface area contributed by atoms with Gasteiger partial charge in [-0.25, -0.2) is 4.39 Å². The fourth-order valence-corrected chi connectivity index (χ4v) is 2.95. The first-order valence-corrected chi connectivity index (χ1v) is 9.27. The van der Waals surface area contributed by atoms with Crippen LogP contribution in [0, 0.1) is 50.3 Å². The zero-order valence-corrected chi connectivity index (χ0v) is 16.7. The van der Waals surface area contributed by atoms with Gasteiger partial charge in [-0.15, -0.1) is 0 Å². The van der Waals surface area contributed by atoms with Gasteiger partial charge in [0.05, 0.1) is 0 Å². The highest BCUT2D eigenvalue weighted by atomic mass is 19.1. The zero-order chi connectivity index (χ0) is 20.1. The van der Waals surface area contributed by atoms with Crippen molar-refractivity contribution in [2.75, 3.05) is 0 Å². The van der Waals surface area contributed by atoms with Gasteiger partial charge in [-0.1, -0.05) is 54.2 Å². The summed E-state index contributed by atoms with van der Waals surface area (Å²) in [5, 5.41) is 0. The summed E-state index contributed by atoms with van der Waals surface area (Å²) in [7, 11) is 2.10. The Labute approximate surface area is 168 Å². The average molecular weight is 363 g/mol. The van der Waals surface area contributed by atoms with E-state index in [-0.39, 0.29) is 5.82 Å². The van der Waals surface area contributed by atoms with Crippen LogP contribution < -0.4 is 5.46 Å². The molecule has 0 saturated carbocycles. The van der Waals surface area contributed by atoms with E-state index in [1.165, 1.54) is 22.7 Å². The molecule has 0 aliphatic heterocycles. The fraction of sp³-hybridized carbons (Fsp3) is 0.154. The molecule has 0 aliphatic rings. The van der Waals surface area contributed by atoms with Crippen LogP contribution in [0.25, 0.3) is 0 Å². The van der Waals surface area contributed by atoms with Crippen molar-refractivity contribution in [3.8, 4) is 23.7 Å². The van der Waals surface area contributed by atoms with Crippen LogP contribution in [0.4, 0.5) is 4.39 Å². The largest absolute Gasteiger partial charge is 0.207 e. The summed E-state index contributed by atoms with van der Waals surface area (Å²) in [5.41, 5.74) is 7.79. The Balaban J connectivity index is 1.79. The van der Waals surface area contributed by atoms with Crippen molar-refractivity contribution in [3.05, 3.63) is 99.4 Å². The van der Waals surface area contributed by atoms with E-state index in [0.29, 0.717) is 11.1 Å². The minimum Gasteiger partial charge on any atom is -0.207 e. The van der Waals surface area contributed by atoms with Crippen molar-refractivity contribution in [2.45, 2.75) is 27.6 Å². The molecule has 0 heterocycles. The lowest BCUT2D eigenvalue weighted by atomic mass is 9.72. The molecule has 0 aromatic heterocycles. The maximum absolute atomic E-state index is 13.6. The van der Waals surface area contributed by atoms with Crippen molar-refractivity contribution in [1.82, 2.24) is 0 Å². The Morgan fingerprint density at radius 1 is 0.643 bits per heavy atom. The van der Waals surface area contributed by atoms with Gasteiger partial charge >= 0.3 is 0 Å². The van der Waals surface area contributed by atoms with Crippen LogP contribution in [-0.4, -0.2) is 7.28 Å². The number of aryl methyl sites for hydroxylation is 3. The summed E-state index contributed by atoms with van der Waals surface area (Å²) >= 11 is 0. The minimum absolute atomic E-state index is 0.229. The molecular formula is C26H21BF. The standard InChI is InChI=1S/C26H21BF/c1-18-5-6-23(17-26(18)28)12-11-21-7-9-22(10-8-21)13-14-25-19(2)15-24(27-4)16-20(25)3/h5-10,15-17H,1-4H3. The molecule has 2 heteroatoms. The number of hydrogen-bond acceptors (Lipinski definition) is 0. The Kier molecular flexibility index (Phi) is 6.03. The Morgan fingerprint density at radius 3 is 1.68 bits per heavy atom. The van der Waals surface area contributed by atoms with Gasteiger partial charge in [0, 0.05) is 22.3 Å². The van der Waals surface area contributed by atoms with Crippen LogP contribution in [0.2, 0.25) is 6.82 Å². The van der Waals surface area contributed by atoms with Gasteiger partial charge in [0.25, 0.3) is 0 Å². The van der Waals surface area contributed by atoms with Crippen LogP contribution in [0.15, 0.2) is 54.6 Å². The van der Waals surface area contributed by atoms with Gasteiger partial charge in [-0.05, 0) is 73.9 Å².